The Morgan fingerprint density at radius 1 is 1.50 bits per heavy atom. The maximum Gasteiger partial charge on any atom is 0.443 e. The molecule has 0 spiro atoms. The van der Waals surface area contributed by atoms with E-state index in [0.717, 1.165) is 6.20 Å². The second kappa shape index (κ2) is 4.69. The van der Waals surface area contributed by atoms with Gasteiger partial charge in [0.25, 0.3) is 0 Å². The van der Waals surface area contributed by atoms with Crippen LogP contribution in [0.25, 0.3) is 0 Å². The van der Waals surface area contributed by atoms with Gasteiger partial charge in [-0.25, -0.2) is 4.98 Å². The van der Waals surface area contributed by atoms with Gasteiger partial charge in [0.05, 0.1) is 10.6 Å². The number of hydrogen-bond acceptors (Lipinski definition) is 4. The van der Waals surface area contributed by atoms with E-state index in [1.54, 1.807) is 6.07 Å². The van der Waals surface area contributed by atoms with Gasteiger partial charge in [-0.2, -0.15) is 18.3 Å². The summed E-state index contributed by atoms with van der Waals surface area (Å²) in [6.45, 7) is 2.36. The van der Waals surface area contributed by atoms with Crippen LogP contribution in [-0.2, 0) is 12.7 Å². The SMILES string of the molecule is CCn1nccc1C(O)c1cnc(C(F)(F)F)s1. The van der Waals surface area contributed by atoms with Crippen molar-refractivity contribution < 1.29 is 18.3 Å². The van der Waals surface area contributed by atoms with Gasteiger partial charge in [-0.05, 0) is 13.0 Å². The van der Waals surface area contributed by atoms with Crippen molar-refractivity contribution >= 4 is 11.3 Å². The predicted octanol–water partition coefficient (Wildman–Crippen LogP) is 2.46. The molecule has 98 valence electrons. The third kappa shape index (κ3) is 2.39. The van der Waals surface area contributed by atoms with Gasteiger partial charge >= 0.3 is 6.18 Å². The molecule has 0 aliphatic rings. The van der Waals surface area contributed by atoms with Crippen molar-refractivity contribution in [1.29, 1.82) is 0 Å². The van der Waals surface area contributed by atoms with E-state index in [1.165, 1.54) is 10.9 Å². The summed E-state index contributed by atoms with van der Waals surface area (Å²) in [6, 6.07) is 1.57. The highest BCUT2D eigenvalue weighted by Gasteiger charge is 2.35. The smallest absolute Gasteiger partial charge is 0.381 e. The Kier molecular flexibility index (Phi) is 3.40. The summed E-state index contributed by atoms with van der Waals surface area (Å²) in [5, 5.41) is 13.0. The van der Waals surface area contributed by atoms with Crippen molar-refractivity contribution in [2.24, 2.45) is 0 Å². The highest BCUT2D eigenvalue weighted by molar-refractivity contribution is 7.11. The van der Waals surface area contributed by atoms with Gasteiger partial charge in [-0.3, -0.25) is 4.68 Å². The molecule has 2 aromatic rings. The van der Waals surface area contributed by atoms with Gasteiger partial charge in [-0.15, -0.1) is 11.3 Å². The highest BCUT2D eigenvalue weighted by atomic mass is 32.1. The first-order chi connectivity index (χ1) is 8.43. The summed E-state index contributed by atoms with van der Waals surface area (Å²) in [7, 11) is 0. The number of halogens is 3. The Bertz CT molecular complexity index is 534. The standard InChI is InChI=1S/C10H10F3N3OS/c1-2-16-6(3-4-15-16)8(17)7-5-14-9(18-7)10(11,12)13/h3-5,8,17H,2H2,1H3. The van der Waals surface area contributed by atoms with E-state index in [0.29, 0.717) is 23.6 Å². The van der Waals surface area contributed by atoms with Crippen LogP contribution >= 0.6 is 11.3 Å². The normalized spacial score (nSPS) is 13.8. The maximum atomic E-state index is 12.4. The van der Waals surface area contributed by atoms with Crippen molar-refractivity contribution in [3.05, 3.63) is 34.0 Å². The number of aryl methyl sites for hydroxylation is 1. The minimum absolute atomic E-state index is 0.150. The maximum absolute atomic E-state index is 12.4. The molecule has 0 bridgehead atoms. The number of alkyl halides is 3. The minimum Gasteiger partial charge on any atom is -0.381 e. The van der Waals surface area contributed by atoms with Crippen LogP contribution in [0.5, 0.6) is 0 Å². The molecule has 1 atom stereocenters. The number of rotatable bonds is 3. The van der Waals surface area contributed by atoms with Crippen LogP contribution in [0, 0.1) is 0 Å². The van der Waals surface area contributed by atoms with Crippen LogP contribution < -0.4 is 0 Å². The molecule has 0 amide bonds. The summed E-state index contributed by atoms with van der Waals surface area (Å²) in [4.78, 5) is 3.43. The summed E-state index contributed by atoms with van der Waals surface area (Å²) in [6.07, 6.45) is -3.08. The zero-order valence-corrected chi connectivity index (χ0v) is 10.2. The molecular weight excluding hydrogens is 267 g/mol. The van der Waals surface area contributed by atoms with Crippen LogP contribution in [0.3, 0.4) is 0 Å². The van der Waals surface area contributed by atoms with E-state index in [2.05, 4.69) is 10.1 Å². The van der Waals surface area contributed by atoms with Crippen molar-refractivity contribution in [3.8, 4) is 0 Å². The van der Waals surface area contributed by atoms with Crippen molar-refractivity contribution in [2.75, 3.05) is 0 Å². The molecule has 2 aromatic heterocycles. The Morgan fingerprint density at radius 2 is 2.22 bits per heavy atom. The third-order valence-corrected chi connectivity index (χ3v) is 3.46. The Labute approximate surface area is 105 Å². The van der Waals surface area contributed by atoms with Crippen LogP contribution in [0.2, 0.25) is 0 Å². The van der Waals surface area contributed by atoms with Crippen molar-refractivity contribution in [2.45, 2.75) is 25.7 Å². The monoisotopic (exact) mass is 277 g/mol. The van der Waals surface area contributed by atoms with Gasteiger partial charge < -0.3 is 5.11 Å². The number of thiazole rings is 1. The molecule has 18 heavy (non-hydrogen) atoms. The molecule has 2 heterocycles. The van der Waals surface area contributed by atoms with E-state index < -0.39 is 17.3 Å². The zero-order valence-electron chi connectivity index (χ0n) is 9.35. The topological polar surface area (TPSA) is 50.9 Å². The lowest BCUT2D eigenvalue weighted by Crippen LogP contribution is -2.08. The molecule has 0 saturated heterocycles. The van der Waals surface area contributed by atoms with E-state index in [1.807, 2.05) is 6.92 Å². The van der Waals surface area contributed by atoms with Gasteiger partial charge in [0.2, 0.25) is 0 Å². The lowest BCUT2D eigenvalue weighted by Gasteiger charge is -2.09. The Morgan fingerprint density at radius 3 is 2.78 bits per heavy atom. The largest absolute Gasteiger partial charge is 0.443 e. The molecule has 8 heteroatoms. The third-order valence-electron chi connectivity index (χ3n) is 2.36. The van der Waals surface area contributed by atoms with Crippen LogP contribution in [0.1, 0.15) is 28.6 Å². The van der Waals surface area contributed by atoms with Gasteiger partial charge in [-0.1, -0.05) is 0 Å². The van der Waals surface area contributed by atoms with Crippen LogP contribution in [-0.4, -0.2) is 19.9 Å². The number of aromatic nitrogens is 3. The first-order valence-corrected chi connectivity index (χ1v) is 5.97. The summed E-state index contributed by atoms with van der Waals surface area (Å²) >= 11 is 0.438. The molecule has 1 unspecified atom stereocenters. The number of nitrogens with zero attached hydrogens (tertiary/aromatic N) is 3. The molecule has 0 fully saturated rings. The molecule has 1 N–H and O–H groups in total. The summed E-state index contributed by atoms with van der Waals surface area (Å²) in [5.74, 6) is 0. The van der Waals surface area contributed by atoms with E-state index >= 15 is 0 Å². The second-order valence-corrected chi connectivity index (χ2v) is 4.60. The molecule has 0 saturated carbocycles. The number of aliphatic hydroxyl groups is 1. The molecule has 0 radical (unpaired) electrons. The fourth-order valence-corrected chi connectivity index (χ4v) is 2.31. The van der Waals surface area contributed by atoms with Crippen molar-refractivity contribution in [3.63, 3.8) is 0 Å². The quantitative estimate of drug-likeness (QED) is 0.937. The van der Waals surface area contributed by atoms with Gasteiger partial charge in [0.1, 0.15) is 6.10 Å². The Balaban J connectivity index is 2.29. The number of hydrogen-bond donors (Lipinski definition) is 1. The van der Waals surface area contributed by atoms with Crippen molar-refractivity contribution in [1.82, 2.24) is 14.8 Å². The average molecular weight is 277 g/mol. The fourth-order valence-electron chi connectivity index (χ4n) is 1.53. The highest BCUT2D eigenvalue weighted by Crippen LogP contribution is 2.35. The molecule has 2 rings (SSSR count). The van der Waals surface area contributed by atoms with E-state index in [9.17, 15) is 18.3 Å². The number of aliphatic hydroxyl groups excluding tert-OH is 1. The first-order valence-electron chi connectivity index (χ1n) is 5.16. The summed E-state index contributed by atoms with van der Waals surface area (Å²) < 4.78 is 38.7. The predicted molar refractivity (Wildman–Crippen MR) is 59.1 cm³/mol. The molecule has 0 aliphatic carbocycles. The Hall–Kier alpha value is -1.41. The average Bonchev–Trinajstić information content (AvgIpc) is 2.96. The summed E-state index contributed by atoms with van der Waals surface area (Å²) in [5.41, 5.74) is 0.454. The molecule has 0 aromatic carbocycles. The molecule has 0 aliphatic heterocycles. The molecule has 4 nitrogen and oxygen atoms in total. The van der Waals surface area contributed by atoms with Crippen LogP contribution in [0.15, 0.2) is 18.5 Å². The first kappa shape index (κ1) is 13.0. The second-order valence-electron chi connectivity index (χ2n) is 3.54. The van der Waals surface area contributed by atoms with E-state index in [4.69, 9.17) is 0 Å². The minimum atomic E-state index is -4.48. The lowest BCUT2D eigenvalue weighted by molar-refractivity contribution is -0.137. The van der Waals surface area contributed by atoms with Crippen LogP contribution in [0.4, 0.5) is 13.2 Å². The fraction of sp³-hybridized carbons (Fsp3) is 0.400. The molecular formula is C10H10F3N3OS. The zero-order chi connectivity index (χ0) is 13.3. The lowest BCUT2D eigenvalue weighted by atomic mass is 10.2. The van der Waals surface area contributed by atoms with Gasteiger partial charge in [0.15, 0.2) is 5.01 Å². The van der Waals surface area contributed by atoms with E-state index in [-0.39, 0.29) is 4.88 Å². The van der Waals surface area contributed by atoms with Gasteiger partial charge in [0, 0.05) is 18.9 Å².